The van der Waals surface area contributed by atoms with Crippen LogP contribution in [0.15, 0.2) is 65.7 Å². The molecule has 188 valence electrons. The Morgan fingerprint density at radius 1 is 1.27 bits per heavy atom. The normalized spacial score (nSPS) is 12.0. The molecular formula is C27H23ClFN5O3. The average molecular weight is 520 g/mol. The van der Waals surface area contributed by atoms with E-state index in [9.17, 15) is 9.18 Å². The number of nitrogens with one attached hydrogen (secondary N) is 1. The molecule has 0 radical (unpaired) electrons. The molecule has 0 aliphatic heterocycles. The number of fused-ring (bicyclic) bond motifs is 1. The number of rotatable bonds is 7. The average Bonchev–Trinajstić information content (AvgIpc) is 3.55. The van der Waals surface area contributed by atoms with Crippen LogP contribution in [0.1, 0.15) is 40.3 Å². The fourth-order valence-corrected chi connectivity index (χ4v) is 4.57. The molecule has 0 unspecified atom stereocenters. The van der Waals surface area contributed by atoms with Gasteiger partial charge in [-0.3, -0.25) is 9.48 Å². The van der Waals surface area contributed by atoms with E-state index in [0.717, 1.165) is 28.7 Å². The Kier molecular flexibility index (Phi) is 6.62. The number of aromatic nitrogens is 4. The summed E-state index contributed by atoms with van der Waals surface area (Å²) in [7, 11) is 1.89. The zero-order valence-electron chi connectivity index (χ0n) is 20.3. The molecule has 0 aliphatic rings. The van der Waals surface area contributed by atoms with Crippen LogP contribution in [0.25, 0.3) is 22.2 Å². The lowest BCUT2D eigenvalue weighted by molar-refractivity contribution is 0.0911. The van der Waals surface area contributed by atoms with Gasteiger partial charge in [0.1, 0.15) is 23.7 Å². The highest BCUT2D eigenvalue weighted by Crippen LogP contribution is 2.34. The number of oxazole rings is 1. The van der Waals surface area contributed by atoms with E-state index in [1.807, 2.05) is 44.3 Å². The summed E-state index contributed by atoms with van der Waals surface area (Å²) in [6, 6.07) is 11.6. The summed E-state index contributed by atoms with van der Waals surface area (Å²) in [5.41, 5.74) is 4.47. The lowest BCUT2D eigenvalue weighted by Gasteiger charge is -2.20. The highest BCUT2D eigenvalue weighted by Gasteiger charge is 2.21. The Morgan fingerprint density at radius 3 is 2.84 bits per heavy atom. The summed E-state index contributed by atoms with van der Waals surface area (Å²) >= 11 is 6.45. The molecule has 10 heteroatoms. The molecule has 0 bridgehead atoms. The van der Waals surface area contributed by atoms with E-state index in [1.54, 1.807) is 17.8 Å². The van der Waals surface area contributed by atoms with Gasteiger partial charge in [-0.25, -0.2) is 14.4 Å². The van der Waals surface area contributed by atoms with Gasteiger partial charge in [-0.05, 0) is 49.7 Å². The SMILES string of the molecule is Cc1cc(-c2ccnn2C)c2cccc(OCc3c(Cl)cc(F)cc3[C@H](C)NC(=O)c3cnco3)c2n1. The van der Waals surface area contributed by atoms with Gasteiger partial charge >= 0.3 is 0 Å². The molecule has 3 heterocycles. The predicted molar refractivity (Wildman–Crippen MR) is 137 cm³/mol. The van der Waals surface area contributed by atoms with Crippen molar-refractivity contribution in [3.63, 3.8) is 0 Å². The van der Waals surface area contributed by atoms with Gasteiger partial charge in [0.15, 0.2) is 6.39 Å². The van der Waals surface area contributed by atoms with Gasteiger partial charge in [-0.2, -0.15) is 5.10 Å². The zero-order valence-corrected chi connectivity index (χ0v) is 21.1. The number of halogens is 2. The number of para-hydroxylation sites is 1. The van der Waals surface area contributed by atoms with Crippen LogP contribution in [0.2, 0.25) is 5.02 Å². The Morgan fingerprint density at radius 2 is 2.11 bits per heavy atom. The molecule has 0 fully saturated rings. The quantitative estimate of drug-likeness (QED) is 0.292. The molecule has 3 aromatic heterocycles. The number of hydrogen-bond acceptors (Lipinski definition) is 6. The Bertz CT molecular complexity index is 1600. The highest BCUT2D eigenvalue weighted by atomic mass is 35.5. The number of hydrogen-bond donors (Lipinski definition) is 1. The number of ether oxygens (including phenoxy) is 1. The van der Waals surface area contributed by atoms with Gasteiger partial charge in [-0.1, -0.05) is 23.7 Å². The van der Waals surface area contributed by atoms with Gasteiger partial charge in [0.25, 0.3) is 5.91 Å². The van der Waals surface area contributed by atoms with Crippen molar-refractivity contribution in [1.82, 2.24) is 25.1 Å². The van der Waals surface area contributed by atoms with E-state index in [2.05, 4.69) is 15.4 Å². The van der Waals surface area contributed by atoms with Gasteiger partial charge in [-0.15, -0.1) is 0 Å². The Labute approximate surface area is 217 Å². The lowest BCUT2D eigenvalue weighted by atomic mass is 10.0. The van der Waals surface area contributed by atoms with E-state index >= 15 is 0 Å². The molecule has 0 saturated carbocycles. The predicted octanol–water partition coefficient (Wildman–Crippen LogP) is 5.79. The van der Waals surface area contributed by atoms with Crippen molar-refractivity contribution >= 4 is 28.4 Å². The van der Waals surface area contributed by atoms with Crippen molar-refractivity contribution in [3.8, 4) is 17.0 Å². The summed E-state index contributed by atoms with van der Waals surface area (Å²) in [5.74, 6) is -0.399. The minimum absolute atomic E-state index is 0.0345. The topological polar surface area (TPSA) is 95.1 Å². The van der Waals surface area contributed by atoms with Crippen LogP contribution in [0, 0.1) is 12.7 Å². The molecule has 5 aromatic rings. The smallest absolute Gasteiger partial charge is 0.289 e. The van der Waals surface area contributed by atoms with Crippen LogP contribution < -0.4 is 10.1 Å². The maximum absolute atomic E-state index is 14.3. The molecule has 5 rings (SSSR count). The molecule has 0 spiro atoms. The summed E-state index contributed by atoms with van der Waals surface area (Å²) in [5, 5.41) is 8.17. The third-order valence-corrected chi connectivity index (χ3v) is 6.40. The summed E-state index contributed by atoms with van der Waals surface area (Å²) < 4.78 is 27.4. The summed E-state index contributed by atoms with van der Waals surface area (Å²) in [4.78, 5) is 20.9. The molecule has 1 N–H and O–H groups in total. The number of amides is 1. The third kappa shape index (κ3) is 4.90. The minimum Gasteiger partial charge on any atom is -0.487 e. The minimum atomic E-state index is -0.589. The van der Waals surface area contributed by atoms with Crippen molar-refractivity contribution < 1.29 is 18.3 Å². The van der Waals surface area contributed by atoms with Gasteiger partial charge in [0, 0.05) is 35.5 Å². The first-order valence-corrected chi connectivity index (χ1v) is 11.9. The van der Waals surface area contributed by atoms with Gasteiger partial charge in [0.2, 0.25) is 5.76 Å². The fraction of sp³-hybridized carbons (Fsp3) is 0.185. The molecule has 37 heavy (non-hydrogen) atoms. The van der Waals surface area contributed by atoms with Crippen molar-refractivity contribution in [2.75, 3.05) is 0 Å². The summed E-state index contributed by atoms with van der Waals surface area (Å²) in [6.45, 7) is 3.68. The standard InChI is InChI=1S/C27H23ClFN5O3/c1-15-9-20(23-7-8-31-34(23)3)18-5-4-6-24(26(18)32-15)36-13-21-19(10-17(29)11-22(21)28)16(2)33-27(35)25-12-30-14-37-25/h4-12,14,16H,13H2,1-3H3,(H,33,35)/t16-/m0/s1. The molecule has 8 nitrogen and oxygen atoms in total. The van der Waals surface area contributed by atoms with Crippen LogP contribution in [0.4, 0.5) is 4.39 Å². The van der Waals surface area contributed by atoms with Crippen LogP contribution in [-0.2, 0) is 13.7 Å². The highest BCUT2D eigenvalue weighted by molar-refractivity contribution is 6.31. The van der Waals surface area contributed by atoms with Crippen molar-refractivity contribution in [2.45, 2.75) is 26.5 Å². The fourth-order valence-electron chi connectivity index (χ4n) is 4.30. The number of aryl methyl sites for hydroxylation is 2. The maximum Gasteiger partial charge on any atom is 0.289 e. The van der Waals surface area contributed by atoms with E-state index in [-0.39, 0.29) is 17.4 Å². The molecule has 0 aliphatic carbocycles. The largest absolute Gasteiger partial charge is 0.487 e. The van der Waals surface area contributed by atoms with Crippen molar-refractivity contribution in [1.29, 1.82) is 0 Å². The van der Waals surface area contributed by atoms with E-state index in [0.29, 0.717) is 22.4 Å². The Hall–Kier alpha value is -4.24. The Balaban J connectivity index is 1.48. The van der Waals surface area contributed by atoms with Gasteiger partial charge in [0.05, 0.1) is 23.0 Å². The molecule has 2 aromatic carbocycles. The molecule has 0 saturated heterocycles. The third-order valence-electron chi connectivity index (χ3n) is 6.06. The maximum atomic E-state index is 14.3. The van der Waals surface area contributed by atoms with Crippen LogP contribution >= 0.6 is 11.6 Å². The monoisotopic (exact) mass is 519 g/mol. The molecular weight excluding hydrogens is 497 g/mol. The van der Waals surface area contributed by atoms with Crippen molar-refractivity contribution in [2.24, 2.45) is 7.05 Å². The lowest BCUT2D eigenvalue weighted by Crippen LogP contribution is -2.27. The molecule has 1 amide bonds. The van der Waals surface area contributed by atoms with Crippen LogP contribution in [0.3, 0.4) is 0 Å². The number of benzene rings is 2. The zero-order chi connectivity index (χ0) is 26.1. The first kappa shape index (κ1) is 24.5. The second kappa shape index (κ2) is 10.0. The van der Waals surface area contributed by atoms with E-state index in [4.69, 9.17) is 25.7 Å². The van der Waals surface area contributed by atoms with Crippen LogP contribution in [-0.4, -0.2) is 25.7 Å². The first-order chi connectivity index (χ1) is 17.8. The van der Waals surface area contributed by atoms with E-state index < -0.39 is 17.8 Å². The number of carbonyl (C=O) groups excluding carboxylic acids is 1. The second-order valence-electron chi connectivity index (χ2n) is 8.61. The van der Waals surface area contributed by atoms with Gasteiger partial charge < -0.3 is 14.5 Å². The first-order valence-electron chi connectivity index (χ1n) is 11.5. The second-order valence-corrected chi connectivity index (χ2v) is 9.02. The molecule has 1 atom stereocenters. The summed E-state index contributed by atoms with van der Waals surface area (Å²) in [6.07, 6.45) is 4.22. The number of nitrogens with zero attached hydrogens (tertiary/aromatic N) is 4. The van der Waals surface area contributed by atoms with E-state index in [1.165, 1.54) is 18.3 Å². The van der Waals surface area contributed by atoms with Crippen LogP contribution in [0.5, 0.6) is 5.75 Å². The number of pyridine rings is 1. The van der Waals surface area contributed by atoms with Crippen molar-refractivity contribution in [3.05, 3.63) is 94.7 Å². The number of carbonyl (C=O) groups is 1.